The quantitative estimate of drug-likeness (QED) is 0.185. The highest BCUT2D eigenvalue weighted by molar-refractivity contribution is 5.77. The van der Waals surface area contributed by atoms with E-state index in [1.54, 1.807) is 0 Å². The van der Waals surface area contributed by atoms with Gasteiger partial charge in [-0.2, -0.15) is 0 Å². The lowest BCUT2D eigenvalue weighted by atomic mass is 9.99. The summed E-state index contributed by atoms with van der Waals surface area (Å²) in [7, 11) is 2.82. The first-order chi connectivity index (χ1) is 14.0. The molecule has 158 valence electrons. The number of aldehydes is 2. The Bertz CT molecular complexity index is 865. The second kappa shape index (κ2) is 10.7. The largest absolute Gasteiger partial charge is 0.469 e. The van der Waals surface area contributed by atoms with Gasteiger partial charge < -0.3 is 14.7 Å². The summed E-state index contributed by atoms with van der Waals surface area (Å²) < 4.78 is 4.73. The van der Waals surface area contributed by atoms with E-state index in [9.17, 15) is 14.4 Å². The zero-order chi connectivity index (χ0) is 21.4. The standard InChI is InChI=1S/C21H28N2O6/c1-13-15(6-5-9-29-28-4)17(22-19(13)11-24)10-18-16(7-8-21(26)27-3)14(2)20(12-25)23-18/h11-12,22-23H,5-10H2,1-4H3. The molecule has 0 unspecified atom stereocenters. The van der Waals surface area contributed by atoms with E-state index in [-0.39, 0.29) is 12.4 Å². The molecule has 2 aromatic rings. The van der Waals surface area contributed by atoms with Gasteiger partial charge in [-0.3, -0.25) is 14.4 Å². The van der Waals surface area contributed by atoms with Gasteiger partial charge in [0.1, 0.15) is 0 Å². The van der Waals surface area contributed by atoms with Crippen molar-refractivity contribution >= 4 is 18.5 Å². The molecule has 0 radical (unpaired) electrons. The monoisotopic (exact) mass is 404 g/mol. The highest BCUT2D eigenvalue weighted by Gasteiger charge is 2.19. The first-order valence-corrected chi connectivity index (χ1v) is 9.50. The second-order valence-corrected chi connectivity index (χ2v) is 6.82. The molecule has 0 aliphatic carbocycles. The van der Waals surface area contributed by atoms with E-state index in [1.807, 2.05) is 13.8 Å². The third-order valence-corrected chi connectivity index (χ3v) is 5.18. The Morgan fingerprint density at radius 3 is 1.97 bits per heavy atom. The highest BCUT2D eigenvalue weighted by atomic mass is 17.2. The van der Waals surface area contributed by atoms with Crippen molar-refractivity contribution in [3.05, 3.63) is 45.0 Å². The molecule has 0 aromatic carbocycles. The number of methoxy groups -OCH3 is 1. The number of hydrogen-bond acceptors (Lipinski definition) is 6. The number of carbonyl (C=O) groups is 3. The third kappa shape index (κ3) is 5.42. The van der Waals surface area contributed by atoms with Crippen LogP contribution in [0.5, 0.6) is 0 Å². The number of nitrogens with one attached hydrogen (secondary N) is 2. The van der Waals surface area contributed by atoms with Crippen molar-refractivity contribution in [2.75, 3.05) is 20.8 Å². The van der Waals surface area contributed by atoms with E-state index in [0.717, 1.165) is 52.6 Å². The van der Waals surface area contributed by atoms with Gasteiger partial charge in [0.25, 0.3) is 0 Å². The number of H-pyrrole nitrogens is 2. The molecule has 2 rings (SSSR count). The fourth-order valence-corrected chi connectivity index (χ4v) is 3.55. The zero-order valence-electron chi connectivity index (χ0n) is 17.3. The lowest BCUT2D eigenvalue weighted by molar-refractivity contribution is -0.272. The van der Waals surface area contributed by atoms with Gasteiger partial charge in [-0.25, -0.2) is 9.78 Å². The normalized spacial score (nSPS) is 10.9. The molecular formula is C21H28N2O6. The van der Waals surface area contributed by atoms with Crippen LogP contribution >= 0.6 is 0 Å². The van der Waals surface area contributed by atoms with Crippen molar-refractivity contribution in [3.63, 3.8) is 0 Å². The minimum atomic E-state index is -0.304. The molecule has 8 nitrogen and oxygen atoms in total. The van der Waals surface area contributed by atoms with E-state index in [1.165, 1.54) is 14.2 Å². The first-order valence-electron chi connectivity index (χ1n) is 9.50. The molecule has 0 bridgehead atoms. The number of aromatic nitrogens is 2. The summed E-state index contributed by atoms with van der Waals surface area (Å²) in [6.07, 6.45) is 4.22. The Morgan fingerprint density at radius 2 is 1.48 bits per heavy atom. The maximum atomic E-state index is 11.6. The molecule has 2 aromatic heterocycles. The maximum Gasteiger partial charge on any atom is 0.305 e. The predicted molar refractivity (Wildman–Crippen MR) is 106 cm³/mol. The van der Waals surface area contributed by atoms with Crippen LogP contribution in [0.25, 0.3) is 0 Å². The van der Waals surface area contributed by atoms with Crippen LogP contribution in [0.1, 0.15) is 67.5 Å². The van der Waals surface area contributed by atoms with Gasteiger partial charge in [-0.1, -0.05) is 0 Å². The predicted octanol–water partition coefficient (Wildman–Crippen LogP) is 2.79. The molecule has 2 N–H and O–H groups in total. The van der Waals surface area contributed by atoms with Gasteiger partial charge in [0.15, 0.2) is 12.6 Å². The number of ether oxygens (including phenoxy) is 1. The molecule has 0 saturated heterocycles. The molecule has 0 amide bonds. The van der Waals surface area contributed by atoms with Gasteiger partial charge in [0.05, 0.1) is 32.2 Å². The molecule has 8 heteroatoms. The lowest BCUT2D eigenvalue weighted by Gasteiger charge is -2.08. The summed E-state index contributed by atoms with van der Waals surface area (Å²) in [5.74, 6) is -0.304. The minimum Gasteiger partial charge on any atom is -0.469 e. The summed E-state index contributed by atoms with van der Waals surface area (Å²) >= 11 is 0. The maximum absolute atomic E-state index is 11.6. The van der Waals surface area contributed by atoms with Crippen LogP contribution in [-0.2, 0) is 38.6 Å². The number of carbonyl (C=O) groups excluding carboxylic acids is 3. The van der Waals surface area contributed by atoms with Gasteiger partial charge in [0, 0.05) is 24.2 Å². The Hall–Kier alpha value is -2.71. The van der Waals surface area contributed by atoms with Gasteiger partial charge in [-0.05, 0) is 55.4 Å². The van der Waals surface area contributed by atoms with Crippen molar-refractivity contribution in [2.45, 2.75) is 46.0 Å². The Kier molecular flexibility index (Phi) is 8.35. The fourth-order valence-electron chi connectivity index (χ4n) is 3.55. The summed E-state index contributed by atoms with van der Waals surface area (Å²) in [5, 5.41) is 0. The molecule has 0 saturated carbocycles. The minimum absolute atomic E-state index is 0.227. The number of esters is 1. The van der Waals surface area contributed by atoms with Crippen LogP contribution < -0.4 is 0 Å². The first kappa shape index (κ1) is 22.6. The third-order valence-electron chi connectivity index (χ3n) is 5.18. The van der Waals surface area contributed by atoms with Crippen LogP contribution in [-0.4, -0.2) is 49.3 Å². The Morgan fingerprint density at radius 1 is 0.931 bits per heavy atom. The van der Waals surface area contributed by atoms with Crippen LogP contribution in [0.15, 0.2) is 0 Å². The average Bonchev–Trinajstić information content (AvgIpc) is 3.19. The highest BCUT2D eigenvalue weighted by Crippen LogP contribution is 2.26. The van der Waals surface area contributed by atoms with Crippen molar-refractivity contribution in [1.82, 2.24) is 9.97 Å². The van der Waals surface area contributed by atoms with Crippen LogP contribution in [0.3, 0.4) is 0 Å². The molecule has 0 spiro atoms. The lowest BCUT2D eigenvalue weighted by Crippen LogP contribution is -2.05. The summed E-state index contributed by atoms with van der Waals surface area (Å²) in [5.41, 5.74) is 6.49. The SMILES string of the molecule is COOCCCc1c(Cc2[nH]c(C=O)c(C)c2CCC(=O)OC)[nH]c(C=O)c1C. The van der Waals surface area contributed by atoms with Crippen molar-refractivity contribution < 1.29 is 28.9 Å². The van der Waals surface area contributed by atoms with Crippen LogP contribution in [0.2, 0.25) is 0 Å². The Labute approximate surface area is 169 Å². The summed E-state index contributed by atoms with van der Waals surface area (Å²) in [6, 6.07) is 0. The molecule has 0 atom stereocenters. The molecular weight excluding hydrogens is 376 g/mol. The van der Waals surface area contributed by atoms with E-state index in [4.69, 9.17) is 9.62 Å². The Balaban J connectivity index is 2.33. The van der Waals surface area contributed by atoms with Crippen molar-refractivity contribution in [2.24, 2.45) is 0 Å². The van der Waals surface area contributed by atoms with Crippen LogP contribution in [0, 0.1) is 13.8 Å². The van der Waals surface area contributed by atoms with Crippen molar-refractivity contribution in [1.29, 1.82) is 0 Å². The summed E-state index contributed by atoms with van der Waals surface area (Å²) in [4.78, 5) is 50.3. The average molecular weight is 404 g/mol. The number of rotatable bonds is 12. The van der Waals surface area contributed by atoms with E-state index < -0.39 is 0 Å². The molecule has 0 fully saturated rings. The van der Waals surface area contributed by atoms with Gasteiger partial charge in [-0.15, -0.1) is 0 Å². The van der Waals surface area contributed by atoms with Gasteiger partial charge in [0.2, 0.25) is 0 Å². The van der Waals surface area contributed by atoms with E-state index >= 15 is 0 Å². The topological polar surface area (TPSA) is 110 Å². The van der Waals surface area contributed by atoms with Crippen molar-refractivity contribution in [3.8, 4) is 0 Å². The van der Waals surface area contributed by atoms with Gasteiger partial charge >= 0.3 is 5.97 Å². The van der Waals surface area contributed by atoms with Crippen LogP contribution in [0.4, 0.5) is 0 Å². The molecule has 29 heavy (non-hydrogen) atoms. The van der Waals surface area contributed by atoms with E-state index in [2.05, 4.69) is 14.9 Å². The molecule has 2 heterocycles. The number of aromatic amines is 2. The number of hydrogen-bond donors (Lipinski definition) is 2. The smallest absolute Gasteiger partial charge is 0.305 e. The molecule has 0 aliphatic rings. The van der Waals surface area contributed by atoms with E-state index in [0.29, 0.717) is 37.3 Å². The second-order valence-electron chi connectivity index (χ2n) is 6.82. The zero-order valence-corrected chi connectivity index (χ0v) is 17.3. The fraction of sp³-hybridized carbons (Fsp3) is 0.476. The summed E-state index contributed by atoms with van der Waals surface area (Å²) in [6.45, 7) is 4.21. The molecule has 0 aliphatic heterocycles.